The molecule has 2 N–H and O–H groups in total. The third kappa shape index (κ3) is 10.3. The number of aliphatic imine (C=N–C) groups is 1. The summed E-state index contributed by atoms with van der Waals surface area (Å²) < 4.78 is 0. The second-order valence-electron chi connectivity index (χ2n) is 7.55. The lowest BCUT2D eigenvalue weighted by atomic mass is 10.1. The minimum Gasteiger partial charge on any atom is -0.357 e. The zero-order valence-corrected chi connectivity index (χ0v) is 20.6. The first kappa shape index (κ1) is 26.1. The number of benzene rings is 1. The summed E-state index contributed by atoms with van der Waals surface area (Å²) in [7, 11) is 4.20. The monoisotopic (exact) mass is 489 g/mol. The summed E-state index contributed by atoms with van der Waals surface area (Å²) in [5.41, 5.74) is 2.62. The molecule has 1 aromatic rings. The van der Waals surface area contributed by atoms with E-state index in [0.717, 1.165) is 32.1 Å². The molecule has 0 spiro atoms. The van der Waals surface area contributed by atoms with E-state index in [9.17, 15) is 0 Å². The predicted octanol–water partition coefficient (Wildman–Crippen LogP) is 3.54. The first-order chi connectivity index (χ1) is 12.3. The van der Waals surface area contributed by atoms with Crippen molar-refractivity contribution in [3.8, 4) is 0 Å². The van der Waals surface area contributed by atoms with Crippen molar-refractivity contribution in [1.29, 1.82) is 0 Å². The van der Waals surface area contributed by atoms with Crippen molar-refractivity contribution in [2.24, 2.45) is 4.99 Å². The van der Waals surface area contributed by atoms with E-state index in [-0.39, 0.29) is 24.0 Å². The van der Waals surface area contributed by atoms with E-state index in [1.54, 1.807) is 0 Å². The van der Waals surface area contributed by atoms with E-state index in [2.05, 4.69) is 93.4 Å². The second-order valence-corrected chi connectivity index (χ2v) is 7.55. The Morgan fingerprint density at radius 1 is 1.00 bits per heavy atom. The number of nitrogens with one attached hydrogen (secondary N) is 2. The fourth-order valence-electron chi connectivity index (χ4n) is 3.13. The molecule has 0 aliphatic rings. The maximum Gasteiger partial charge on any atom is 0.191 e. The van der Waals surface area contributed by atoms with Gasteiger partial charge in [-0.1, -0.05) is 24.3 Å². The fourth-order valence-corrected chi connectivity index (χ4v) is 3.13. The largest absolute Gasteiger partial charge is 0.357 e. The van der Waals surface area contributed by atoms with Gasteiger partial charge in [0.1, 0.15) is 0 Å². The molecule has 6 heteroatoms. The highest BCUT2D eigenvalue weighted by Gasteiger charge is 2.12. The number of hydrogen-bond donors (Lipinski definition) is 2. The summed E-state index contributed by atoms with van der Waals surface area (Å²) in [6, 6.07) is 9.65. The molecule has 27 heavy (non-hydrogen) atoms. The Morgan fingerprint density at radius 3 is 2.11 bits per heavy atom. The average Bonchev–Trinajstić information content (AvgIpc) is 2.56. The molecule has 0 saturated heterocycles. The maximum absolute atomic E-state index is 4.80. The maximum atomic E-state index is 4.80. The van der Waals surface area contributed by atoms with Gasteiger partial charge in [0.2, 0.25) is 0 Å². The summed E-state index contributed by atoms with van der Waals surface area (Å²) in [6.45, 7) is 15.5. The number of rotatable bonds is 10. The van der Waals surface area contributed by atoms with E-state index in [1.165, 1.54) is 11.1 Å². The minimum atomic E-state index is 0. The third-order valence-corrected chi connectivity index (χ3v) is 4.35. The van der Waals surface area contributed by atoms with Gasteiger partial charge in [0.25, 0.3) is 0 Å². The van der Waals surface area contributed by atoms with E-state index in [1.807, 2.05) is 0 Å². The van der Waals surface area contributed by atoms with Crippen molar-refractivity contribution in [3.63, 3.8) is 0 Å². The Hall–Kier alpha value is -0.860. The molecule has 1 rings (SSSR count). The van der Waals surface area contributed by atoms with Crippen LogP contribution < -0.4 is 10.6 Å². The lowest BCUT2D eigenvalue weighted by Gasteiger charge is -2.30. The van der Waals surface area contributed by atoms with Crippen LogP contribution in [0, 0.1) is 0 Å². The van der Waals surface area contributed by atoms with Crippen LogP contribution in [0.25, 0.3) is 0 Å². The van der Waals surface area contributed by atoms with Gasteiger partial charge in [-0.2, -0.15) is 0 Å². The topological polar surface area (TPSA) is 42.9 Å². The molecule has 0 fully saturated rings. The molecule has 0 aliphatic carbocycles. The highest BCUT2D eigenvalue weighted by molar-refractivity contribution is 14.0. The van der Waals surface area contributed by atoms with Gasteiger partial charge in [0.15, 0.2) is 5.96 Å². The van der Waals surface area contributed by atoms with Crippen molar-refractivity contribution < 1.29 is 0 Å². The number of halogens is 1. The third-order valence-electron chi connectivity index (χ3n) is 4.35. The first-order valence-electron chi connectivity index (χ1n) is 9.84. The highest BCUT2D eigenvalue weighted by atomic mass is 127. The smallest absolute Gasteiger partial charge is 0.191 e. The molecule has 0 aromatic heterocycles. The van der Waals surface area contributed by atoms with E-state index >= 15 is 0 Å². The molecule has 0 aliphatic heterocycles. The fraction of sp³-hybridized carbons (Fsp3) is 0.667. The Balaban J connectivity index is 0.00000676. The molecule has 0 radical (unpaired) electrons. The van der Waals surface area contributed by atoms with Gasteiger partial charge < -0.3 is 15.5 Å². The van der Waals surface area contributed by atoms with Crippen LogP contribution in [0.5, 0.6) is 0 Å². The van der Waals surface area contributed by atoms with Gasteiger partial charge in [-0.15, -0.1) is 24.0 Å². The Labute approximate surface area is 184 Å². The zero-order chi connectivity index (χ0) is 19.5. The number of hydrogen-bond acceptors (Lipinski definition) is 3. The van der Waals surface area contributed by atoms with Gasteiger partial charge in [-0.25, -0.2) is 4.99 Å². The molecule has 1 aromatic carbocycles. The Kier molecular flexibility index (Phi) is 13.7. The quantitative estimate of drug-likeness (QED) is 0.300. The lowest BCUT2D eigenvalue weighted by Crippen LogP contribution is -2.45. The predicted molar refractivity (Wildman–Crippen MR) is 129 cm³/mol. The standard InChI is InChI=1S/C21H39N5.HI/c1-8-22-21(23-13-14-26(17(2)3)18(4)5)24-15-19-11-9-10-12-20(19)16-25(6)7;/h9-12,17-18H,8,13-16H2,1-7H3,(H2,22,23,24);1H. The Bertz CT molecular complexity index is 535. The molecule has 0 bridgehead atoms. The van der Waals surface area contributed by atoms with Gasteiger partial charge in [-0.3, -0.25) is 4.90 Å². The molecule has 0 amide bonds. The summed E-state index contributed by atoms with van der Waals surface area (Å²) >= 11 is 0. The van der Waals surface area contributed by atoms with Crippen LogP contribution in [0.15, 0.2) is 29.3 Å². The zero-order valence-electron chi connectivity index (χ0n) is 18.2. The molecular weight excluding hydrogens is 449 g/mol. The number of guanidine groups is 1. The van der Waals surface area contributed by atoms with Crippen LogP contribution in [0.4, 0.5) is 0 Å². The van der Waals surface area contributed by atoms with Crippen LogP contribution in [0.3, 0.4) is 0 Å². The van der Waals surface area contributed by atoms with Gasteiger partial charge >= 0.3 is 0 Å². The van der Waals surface area contributed by atoms with Crippen molar-refractivity contribution in [3.05, 3.63) is 35.4 Å². The van der Waals surface area contributed by atoms with Crippen molar-refractivity contribution in [2.45, 2.75) is 59.8 Å². The molecule has 5 nitrogen and oxygen atoms in total. The van der Waals surface area contributed by atoms with Crippen molar-refractivity contribution in [2.75, 3.05) is 33.7 Å². The second kappa shape index (κ2) is 14.2. The summed E-state index contributed by atoms with van der Waals surface area (Å²) in [4.78, 5) is 9.48. The summed E-state index contributed by atoms with van der Waals surface area (Å²) in [6.07, 6.45) is 0. The minimum absolute atomic E-state index is 0. The summed E-state index contributed by atoms with van der Waals surface area (Å²) in [5.74, 6) is 0.889. The molecule has 0 atom stereocenters. The molecule has 0 unspecified atom stereocenters. The van der Waals surface area contributed by atoms with Crippen molar-refractivity contribution >= 4 is 29.9 Å². The van der Waals surface area contributed by atoms with Crippen LogP contribution in [0.2, 0.25) is 0 Å². The SMILES string of the molecule is CCNC(=NCc1ccccc1CN(C)C)NCCN(C(C)C)C(C)C.I. The number of nitrogens with zero attached hydrogens (tertiary/aromatic N) is 3. The molecule has 0 saturated carbocycles. The summed E-state index contributed by atoms with van der Waals surface area (Å²) in [5, 5.41) is 6.83. The van der Waals surface area contributed by atoms with Crippen LogP contribution in [-0.2, 0) is 13.1 Å². The van der Waals surface area contributed by atoms with E-state index < -0.39 is 0 Å². The highest BCUT2D eigenvalue weighted by Crippen LogP contribution is 2.11. The molecular formula is C21H40IN5. The van der Waals surface area contributed by atoms with E-state index in [0.29, 0.717) is 18.6 Å². The first-order valence-corrected chi connectivity index (χ1v) is 9.84. The molecule has 156 valence electrons. The average molecular weight is 489 g/mol. The molecule has 0 heterocycles. The van der Waals surface area contributed by atoms with Crippen LogP contribution in [0.1, 0.15) is 45.7 Å². The Morgan fingerprint density at radius 2 is 1.59 bits per heavy atom. The van der Waals surface area contributed by atoms with Crippen molar-refractivity contribution in [1.82, 2.24) is 20.4 Å². The van der Waals surface area contributed by atoms with Crippen LogP contribution in [-0.4, -0.2) is 61.6 Å². The van der Waals surface area contributed by atoms with Gasteiger partial charge in [0, 0.05) is 38.3 Å². The van der Waals surface area contributed by atoms with E-state index in [4.69, 9.17) is 4.99 Å². The van der Waals surface area contributed by atoms with Gasteiger partial charge in [0.05, 0.1) is 6.54 Å². The van der Waals surface area contributed by atoms with Gasteiger partial charge in [-0.05, 0) is 59.8 Å². The normalized spacial score (nSPS) is 12.0. The van der Waals surface area contributed by atoms with Crippen LogP contribution >= 0.6 is 24.0 Å². The lowest BCUT2D eigenvalue weighted by molar-refractivity contribution is 0.178.